The first-order valence-corrected chi connectivity index (χ1v) is 10.4. The number of hydrogen-bond donors (Lipinski definition) is 0. The molecule has 0 aliphatic carbocycles. The number of benzene rings is 3. The second-order valence-corrected chi connectivity index (χ2v) is 7.92. The van der Waals surface area contributed by atoms with Crippen LogP contribution >= 0.6 is 0 Å². The fourth-order valence-corrected chi connectivity index (χ4v) is 4.51. The van der Waals surface area contributed by atoms with Crippen molar-refractivity contribution in [3.05, 3.63) is 39.4 Å². The third kappa shape index (κ3) is 11.2. The number of rotatable bonds is 8. The Kier molecular flexibility index (Phi) is 29.2. The second-order valence-electron chi connectivity index (χ2n) is 7.92. The molecule has 4 rings (SSSR count). The van der Waals surface area contributed by atoms with Crippen molar-refractivity contribution in [1.82, 2.24) is 0 Å². The first kappa shape index (κ1) is 60.6. The van der Waals surface area contributed by atoms with Gasteiger partial charge in [-0.15, -0.1) is 0 Å². The molecule has 1 unspecified atom stereocenters. The van der Waals surface area contributed by atoms with E-state index in [1.54, 1.807) is 0 Å². The van der Waals surface area contributed by atoms with Crippen LogP contribution in [0.25, 0.3) is 21.5 Å². The molecule has 216 valence electrons. The molecule has 0 N–H and O–H groups in total. The van der Waals surface area contributed by atoms with E-state index in [0.29, 0.717) is 6.07 Å². The Labute approximate surface area is 453 Å². The van der Waals surface area contributed by atoms with Crippen molar-refractivity contribution >= 4 is 69.5 Å². The van der Waals surface area contributed by atoms with Gasteiger partial charge in [-0.2, -0.15) is 0 Å². The first-order valence-electron chi connectivity index (χ1n) is 10.4. The van der Waals surface area contributed by atoms with Crippen LogP contribution in [0.5, 0.6) is 17.2 Å². The van der Waals surface area contributed by atoms with Crippen molar-refractivity contribution in [2.45, 2.75) is 6.29 Å². The quantitative estimate of drug-likeness (QED) is 0.0889. The average molecular weight is 766 g/mol. The van der Waals surface area contributed by atoms with Gasteiger partial charge in [0.1, 0.15) is 5.97 Å². The van der Waals surface area contributed by atoms with Crippen LogP contribution in [0.1, 0.15) is 62.1 Å². The number of fused-ring (bicyclic) bond motifs is 5. The van der Waals surface area contributed by atoms with Gasteiger partial charge in [-0.05, 0) is 6.07 Å². The van der Waals surface area contributed by atoms with Crippen LogP contribution in [0, 0.1) is 0 Å². The molecule has 0 aromatic heterocycles. The van der Waals surface area contributed by atoms with E-state index in [-0.39, 0.29) is 236 Å². The number of hydrogen-bond acceptors (Lipinski definition) is 19. The van der Waals surface area contributed by atoms with Gasteiger partial charge < -0.3 is 93.4 Å². The van der Waals surface area contributed by atoms with Crippen molar-refractivity contribution in [1.29, 1.82) is 0 Å². The smallest absolute Gasteiger partial charge is 0.545 e. The van der Waals surface area contributed by atoms with Crippen LogP contribution in [-0.4, -0.2) is 54.2 Å². The average Bonchev–Trinajstić information content (AvgIpc) is 3.30. The normalized spacial score (nSPS) is 11.3. The minimum atomic E-state index is -2.77. The molecule has 0 saturated heterocycles. The second kappa shape index (κ2) is 24.1. The summed E-state index contributed by atoms with van der Waals surface area (Å²) in [7, 11) is 0. The van der Waals surface area contributed by atoms with Crippen LogP contribution in [-0.2, 0) is 4.79 Å². The third-order valence-electron chi connectivity index (χ3n) is 5.78. The predicted octanol–water partition coefficient (Wildman–Crippen LogP) is -33.2. The van der Waals surface area contributed by atoms with Gasteiger partial charge in [0.15, 0.2) is 11.5 Å². The van der Waals surface area contributed by atoms with E-state index < -0.39 is 126 Å². The predicted molar refractivity (Wildman–Crippen MR) is 104 cm³/mol. The van der Waals surface area contributed by atoms with Gasteiger partial charge in [0.25, 0.3) is 12.4 Å². The fraction of sp³-hybridized carbons (Fsp3) is 0.0435. The summed E-state index contributed by atoms with van der Waals surface area (Å²) in [5, 5.41) is 89.6. The molecule has 0 fully saturated rings. The van der Waals surface area contributed by atoms with Gasteiger partial charge in [-0.25, -0.2) is 0 Å². The minimum absolute atomic E-state index is 0. The van der Waals surface area contributed by atoms with Gasteiger partial charge in [-0.3, -0.25) is 0 Å². The van der Waals surface area contributed by atoms with Crippen molar-refractivity contribution in [3.8, 4) is 17.2 Å². The van der Waals surface area contributed by atoms with E-state index in [4.69, 9.17) is 9.47 Å². The molecule has 19 nitrogen and oxygen atoms in total. The monoisotopic (exact) mass is 766 g/mol. The molecule has 3 aromatic carbocycles. The zero-order chi connectivity index (χ0) is 31.5. The summed E-state index contributed by atoms with van der Waals surface area (Å²) >= 11 is 0. The summed E-state index contributed by atoms with van der Waals surface area (Å²) in [6.45, 7) is 0. The number of carboxylic acids is 7. The zero-order valence-corrected chi connectivity index (χ0v) is 43.4. The number of aromatic carboxylic acids is 6. The summed E-state index contributed by atoms with van der Waals surface area (Å²) in [5.74, 6) is -22.2. The summed E-state index contributed by atoms with van der Waals surface area (Å²) in [6.07, 6.45) is -5.26. The number of aliphatic carboxylic acids is 1. The molecular formula is C23H2Na8O19. The maximum Gasteiger partial charge on any atom is 1.00 e. The molecule has 0 amide bonds. The largest absolute Gasteiger partial charge is 1.00 e. The molecule has 0 bridgehead atoms. The molecule has 27 heteroatoms. The number of carbonyl (C=O) groups excluding carboxylic acids is 8. The van der Waals surface area contributed by atoms with E-state index in [2.05, 4.69) is 4.74 Å². The molecular weight excluding hydrogens is 764 g/mol. The van der Waals surface area contributed by atoms with Gasteiger partial charge >= 0.3 is 236 Å². The number of carbonyl (C=O) groups is 8. The molecule has 1 aliphatic rings. The van der Waals surface area contributed by atoms with Crippen LogP contribution in [0.4, 0.5) is 4.79 Å². The number of ether oxygens (including phenoxy) is 3. The molecule has 0 spiro atoms. The standard InChI is InChI=1S/C23H10O19.8Na/c24-15(25)2-1-3-13(41-22(40-3)21(36)37)6-4(2)8(16(26)27)10(18(30)31)7-5(6)9(17(28)29)11(19(32)33)12(20(34)35)14(7)42-23(38)39;;;;;;;;/h1,22H,(H,24,25)(H,26,27)(H,28,29)(H,30,31)(H,32,33)(H,34,35)(H,36,37)(H,38,39);;;;;;;;/q;8*+1/p-8. The number of carboxylic acid groups (broad SMARTS) is 8. The van der Waals surface area contributed by atoms with E-state index >= 15 is 0 Å². The van der Waals surface area contributed by atoms with E-state index in [1.165, 1.54) is 0 Å². The van der Waals surface area contributed by atoms with E-state index in [0.717, 1.165) is 0 Å². The van der Waals surface area contributed by atoms with Crippen molar-refractivity contribution < 1.29 is 330 Å². The molecule has 0 saturated carbocycles. The van der Waals surface area contributed by atoms with Crippen LogP contribution < -0.4 is 292 Å². The van der Waals surface area contributed by atoms with E-state index in [9.17, 15) is 79.2 Å². The van der Waals surface area contributed by atoms with E-state index in [1.807, 2.05) is 0 Å². The Morgan fingerprint density at radius 3 is 1.24 bits per heavy atom. The van der Waals surface area contributed by atoms with Crippen LogP contribution in [0.15, 0.2) is 6.07 Å². The minimum Gasteiger partial charge on any atom is -0.545 e. The Balaban J connectivity index is -0.000000844. The molecule has 1 heterocycles. The Bertz CT molecular complexity index is 1910. The maximum absolute atomic E-state index is 12.3. The van der Waals surface area contributed by atoms with Gasteiger partial charge in [0.05, 0.1) is 41.6 Å². The Morgan fingerprint density at radius 1 is 0.480 bits per heavy atom. The molecule has 50 heavy (non-hydrogen) atoms. The summed E-state index contributed by atoms with van der Waals surface area (Å²) in [6, 6.07) is 0.333. The SMILES string of the molecule is O=C([O-])Oc1c(C(=O)[O-])c(C(=O)[O-])c(C(=O)[O-])c2c1c(C(=O)[O-])c(C(=O)[O-])c1c(C(=O)[O-])cc3c(c12)OC(C(=O)[O-])O3.[Na+].[Na+].[Na+].[Na+].[Na+].[Na+].[Na+].[Na+]. The first-order chi connectivity index (χ1) is 19.5. The molecule has 0 radical (unpaired) electrons. The third-order valence-corrected chi connectivity index (χ3v) is 5.78. The van der Waals surface area contributed by atoms with Crippen LogP contribution in [0.2, 0.25) is 0 Å². The Morgan fingerprint density at radius 2 is 0.880 bits per heavy atom. The summed E-state index contributed by atoms with van der Waals surface area (Å²) < 4.78 is 13.9. The maximum atomic E-state index is 12.3. The van der Waals surface area contributed by atoms with Crippen molar-refractivity contribution in [2.24, 2.45) is 0 Å². The fourth-order valence-electron chi connectivity index (χ4n) is 4.51. The molecule has 1 atom stereocenters. The van der Waals surface area contributed by atoms with Crippen LogP contribution in [0.3, 0.4) is 0 Å². The van der Waals surface area contributed by atoms with Gasteiger partial charge in [0, 0.05) is 54.9 Å². The summed E-state index contributed by atoms with van der Waals surface area (Å²) in [5.41, 5.74) is -11.2. The molecule has 1 aliphatic heterocycles. The Hall–Kier alpha value is 1.34. The van der Waals surface area contributed by atoms with Crippen molar-refractivity contribution in [2.75, 3.05) is 0 Å². The summed E-state index contributed by atoms with van der Waals surface area (Å²) in [4.78, 5) is 95.6. The van der Waals surface area contributed by atoms with Gasteiger partial charge in [0.2, 0.25) is 0 Å². The molecule has 3 aromatic rings. The van der Waals surface area contributed by atoms with Crippen molar-refractivity contribution in [3.63, 3.8) is 0 Å². The van der Waals surface area contributed by atoms with Gasteiger partial charge in [-0.1, -0.05) is 0 Å². The topological polar surface area (TPSA) is 349 Å². The zero-order valence-electron chi connectivity index (χ0n) is 27.4.